The van der Waals surface area contributed by atoms with E-state index >= 15 is 0 Å². The van der Waals surface area contributed by atoms with Crippen LogP contribution in [0.2, 0.25) is 0 Å². The first kappa shape index (κ1) is 17.9. The number of aliphatic hydroxyl groups is 1. The van der Waals surface area contributed by atoms with Crippen molar-refractivity contribution >= 4 is 11.8 Å². The first-order valence-electron chi connectivity index (χ1n) is 7.10. The minimum atomic E-state index is -4.46. The Kier molecular flexibility index (Phi) is 4.93. The van der Waals surface area contributed by atoms with Crippen molar-refractivity contribution in [3.63, 3.8) is 0 Å². The van der Waals surface area contributed by atoms with Crippen LogP contribution in [0.5, 0.6) is 0 Å². The van der Waals surface area contributed by atoms with Crippen molar-refractivity contribution in [2.75, 3.05) is 0 Å². The predicted octanol–water partition coefficient (Wildman–Crippen LogP) is 2.05. The number of aromatic nitrogens is 2. The lowest BCUT2D eigenvalue weighted by molar-refractivity contribution is -0.787. The van der Waals surface area contributed by atoms with Crippen LogP contribution in [0.1, 0.15) is 49.7 Å². The van der Waals surface area contributed by atoms with Crippen molar-refractivity contribution in [3.05, 3.63) is 41.1 Å². The normalized spacial score (nSPS) is 14.2. The quantitative estimate of drug-likeness (QED) is 0.523. The van der Waals surface area contributed by atoms with Crippen molar-refractivity contribution in [3.8, 4) is 0 Å². The maximum Gasteiger partial charge on any atom is 0.416 e. The summed E-state index contributed by atoms with van der Waals surface area (Å²) in [6.45, 7) is 4.74. The maximum absolute atomic E-state index is 12.6. The summed E-state index contributed by atoms with van der Waals surface area (Å²) in [7, 11) is 0. The van der Waals surface area contributed by atoms with Gasteiger partial charge < -0.3 is 10.2 Å². The van der Waals surface area contributed by atoms with Crippen molar-refractivity contribution in [2.45, 2.75) is 39.1 Å². The number of rotatable bonds is 4. The summed E-state index contributed by atoms with van der Waals surface area (Å²) >= 11 is 0. The summed E-state index contributed by atoms with van der Waals surface area (Å²) in [6.07, 6.45) is -5.81. The number of aliphatic imine (C=N–C) groups is 1. The molecule has 9 heteroatoms. The first-order valence-corrected chi connectivity index (χ1v) is 7.10. The summed E-state index contributed by atoms with van der Waals surface area (Å²) in [5.41, 5.74) is -0.533. The van der Waals surface area contributed by atoms with E-state index < -0.39 is 23.7 Å². The number of hydrogen-bond donors (Lipinski definition) is 1. The second kappa shape index (κ2) is 6.60. The van der Waals surface area contributed by atoms with Crippen LogP contribution in [-0.4, -0.2) is 16.3 Å². The van der Waals surface area contributed by atoms with Crippen LogP contribution >= 0.6 is 0 Å². The highest BCUT2D eigenvalue weighted by Gasteiger charge is 2.35. The van der Waals surface area contributed by atoms with Gasteiger partial charge in [0.25, 0.3) is 0 Å². The predicted molar refractivity (Wildman–Crippen MR) is 75.4 cm³/mol. The number of nitrogens with zero attached hydrogens (tertiary/aromatic N) is 3. The van der Waals surface area contributed by atoms with Gasteiger partial charge in [0.2, 0.25) is 5.27 Å². The molecule has 1 unspecified atom stereocenters. The lowest BCUT2D eigenvalue weighted by Crippen LogP contribution is -2.42. The van der Waals surface area contributed by atoms with E-state index in [1.165, 1.54) is 11.6 Å². The highest BCUT2D eigenvalue weighted by molar-refractivity contribution is 5.71. The van der Waals surface area contributed by atoms with E-state index in [9.17, 15) is 23.4 Å². The largest absolute Gasteiger partial charge is 0.862 e. The van der Waals surface area contributed by atoms with Crippen LogP contribution < -0.4 is 9.79 Å². The molecule has 0 fully saturated rings. The van der Waals surface area contributed by atoms with Crippen LogP contribution in [0.4, 0.5) is 19.1 Å². The molecule has 0 spiro atoms. The Morgan fingerprint density at radius 2 is 1.88 bits per heavy atom. The number of hydrogen-bond acceptors (Lipinski definition) is 5. The Bertz CT molecular complexity index is 733. The van der Waals surface area contributed by atoms with Crippen molar-refractivity contribution in [1.82, 2.24) is 5.27 Å². The third-order valence-electron chi connectivity index (χ3n) is 3.24. The van der Waals surface area contributed by atoms with Gasteiger partial charge in [-0.15, -0.1) is 0 Å². The van der Waals surface area contributed by atoms with Gasteiger partial charge in [-0.3, -0.25) is 4.52 Å². The number of alkyl halides is 3. The Balaban J connectivity index is 2.47. The van der Waals surface area contributed by atoms with Gasteiger partial charge in [0.1, 0.15) is 0 Å². The Morgan fingerprint density at radius 1 is 1.29 bits per heavy atom. The van der Waals surface area contributed by atoms with Gasteiger partial charge in [0.15, 0.2) is 12.1 Å². The maximum atomic E-state index is 12.6. The van der Waals surface area contributed by atoms with Gasteiger partial charge in [-0.1, -0.05) is 12.1 Å². The molecule has 0 aliphatic heterocycles. The van der Waals surface area contributed by atoms with Crippen molar-refractivity contribution in [1.29, 1.82) is 0 Å². The van der Waals surface area contributed by atoms with Gasteiger partial charge in [0.05, 0.1) is 5.56 Å². The summed E-state index contributed by atoms with van der Waals surface area (Å²) in [4.78, 5) is 3.64. The van der Waals surface area contributed by atoms with E-state index in [0.29, 0.717) is 0 Å². The van der Waals surface area contributed by atoms with Crippen LogP contribution in [0.15, 0.2) is 33.8 Å². The average Bonchev–Trinajstić information content (AvgIpc) is 2.88. The third kappa shape index (κ3) is 3.73. The molecule has 0 saturated heterocycles. The van der Waals surface area contributed by atoms with Crippen molar-refractivity contribution in [2.24, 2.45) is 4.99 Å². The molecule has 0 bridgehead atoms. The highest BCUT2D eigenvalue weighted by atomic mass is 19.4. The van der Waals surface area contributed by atoms with Crippen LogP contribution in [0, 0.1) is 0 Å². The molecule has 0 aliphatic carbocycles. The van der Waals surface area contributed by atoms with E-state index in [2.05, 4.69) is 10.3 Å². The molecule has 0 saturated carbocycles. The topological polar surface area (TPSA) is 85.6 Å². The zero-order chi connectivity index (χ0) is 18.1. The smallest absolute Gasteiger partial charge is 0.416 e. The first-order chi connectivity index (χ1) is 11.1. The summed E-state index contributed by atoms with van der Waals surface area (Å²) in [5, 5.41) is 25.4. The minimum absolute atomic E-state index is 0.0972. The molecule has 1 aromatic carbocycles. The second-order valence-corrected chi connectivity index (χ2v) is 5.45. The Hall–Kier alpha value is -2.42. The number of aliphatic hydroxyl groups excluding tert-OH is 1. The molecule has 0 aliphatic rings. The fraction of sp³-hybridized carbons (Fsp3) is 0.400. The van der Waals surface area contributed by atoms with Crippen molar-refractivity contribution < 1.29 is 32.6 Å². The third-order valence-corrected chi connectivity index (χ3v) is 3.24. The SMILES string of the molecule is C/C([O-])=N\c1on[n+](C(C)C)c1C(O)c1ccc(C(F)(F)F)cc1. The molecule has 1 heterocycles. The fourth-order valence-corrected chi connectivity index (χ4v) is 2.12. The van der Waals surface area contributed by atoms with E-state index in [1.807, 2.05) is 0 Å². The van der Waals surface area contributed by atoms with Crippen LogP contribution in [-0.2, 0) is 6.18 Å². The lowest BCUT2D eigenvalue weighted by Gasteiger charge is -2.10. The molecule has 2 aromatic rings. The second-order valence-electron chi connectivity index (χ2n) is 5.45. The molecule has 0 amide bonds. The van der Waals surface area contributed by atoms with Crippen LogP contribution in [0.3, 0.4) is 0 Å². The van der Waals surface area contributed by atoms with Gasteiger partial charge >= 0.3 is 17.8 Å². The molecular formula is C15H16F3N3O3. The van der Waals surface area contributed by atoms with E-state index in [0.717, 1.165) is 24.3 Å². The van der Waals surface area contributed by atoms with Crippen LogP contribution in [0.25, 0.3) is 0 Å². The Morgan fingerprint density at radius 3 is 2.33 bits per heavy atom. The molecule has 24 heavy (non-hydrogen) atoms. The van der Waals surface area contributed by atoms with E-state index in [4.69, 9.17) is 4.52 Å². The molecular weight excluding hydrogens is 327 g/mol. The lowest BCUT2D eigenvalue weighted by atomic mass is 10.0. The summed E-state index contributed by atoms with van der Waals surface area (Å²) in [5.74, 6) is -0.730. The Labute approximate surface area is 135 Å². The molecule has 1 atom stereocenters. The molecule has 1 aromatic heterocycles. The highest BCUT2D eigenvalue weighted by Crippen LogP contribution is 2.32. The summed E-state index contributed by atoms with van der Waals surface area (Å²) in [6, 6.07) is 3.83. The molecule has 1 N–H and O–H groups in total. The van der Waals surface area contributed by atoms with Gasteiger partial charge in [-0.25, -0.2) is 4.99 Å². The van der Waals surface area contributed by atoms with E-state index in [-0.39, 0.29) is 23.2 Å². The van der Waals surface area contributed by atoms with Gasteiger partial charge in [-0.2, -0.15) is 13.2 Å². The molecule has 130 valence electrons. The molecule has 6 nitrogen and oxygen atoms in total. The zero-order valence-electron chi connectivity index (χ0n) is 13.2. The summed E-state index contributed by atoms with van der Waals surface area (Å²) < 4.78 is 44.2. The number of benzene rings is 1. The minimum Gasteiger partial charge on any atom is -0.862 e. The number of halogens is 3. The standard InChI is InChI=1S/C15H16F3N3O3/c1-8(2)21-12(14(24-20-21)19-9(3)22)13(23)10-4-6-11(7-5-10)15(16,17)18/h4-8,13,23H,1-3H3. The molecule has 2 rings (SSSR count). The van der Waals surface area contributed by atoms with E-state index in [1.54, 1.807) is 13.8 Å². The average molecular weight is 343 g/mol. The fourth-order valence-electron chi connectivity index (χ4n) is 2.12. The molecule has 0 radical (unpaired) electrons. The zero-order valence-corrected chi connectivity index (χ0v) is 13.2. The van der Waals surface area contributed by atoms with Gasteiger partial charge in [-0.05, 0) is 35.2 Å². The monoisotopic (exact) mass is 343 g/mol. The van der Waals surface area contributed by atoms with Gasteiger partial charge in [0, 0.05) is 13.8 Å².